The molecule has 1 N–H and O–H groups in total. The number of hydrogen-bond donors (Lipinski definition) is 1. The maximum absolute atomic E-state index is 13.0. The van der Waals surface area contributed by atoms with Crippen molar-refractivity contribution in [1.82, 2.24) is 4.90 Å². The summed E-state index contributed by atoms with van der Waals surface area (Å²) in [5, 5.41) is 2.34. The summed E-state index contributed by atoms with van der Waals surface area (Å²) in [6, 6.07) is 12.0. The van der Waals surface area contributed by atoms with Crippen molar-refractivity contribution in [3.8, 4) is 0 Å². The van der Waals surface area contributed by atoms with E-state index in [1.54, 1.807) is 6.08 Å². The van der Waals surface area contributed by atoms with E-state index in [1.165, 1.54) is 5.57 Å². The number of nitrogens with one attached hydrogen (secondary N) is 1. The van der Waals surface area contributed by atoms with Crippen LogP contribution in [0.3, 0.4) is 0 Å². The molecule has 0 bridgehead atoms. The summed E-state index contributed by atoms with van der Waals surface area (Å²) in [6.07, 6.45) is 4.00. The molecule has 2 aromatic rings. The maximum atomic E-state index is 13.0. The van der Waals surface area contributed by atoms with Gasteiger partial charge in [0.25, 0.3) is 11.1 Å². The third-order valence-electron chi connectivity index (χ3n) is 6.68. The van der Waals surface area contributed by atoms with Crippen molar-refractivity contribution in [3.63, 3.8) is 0 Å². The van der Waals surface area contributed by atoms with E-state index in [-0.39, 0.29) is 12.1 Å². The second-order valence-electron chi connectivity index (χ2n) is 10.3. The monoisotopic (exact) mass is 503 g/mol. The van der Waals surface area contributed by atoms with E-state index >= 15 is 0 Å². The Morgan fingerprint density at radius 1 is 1.06 bits per heavy atom. The Morgan fingerprint density at radius 3 is 2.44 bits per heavy atom. The first kappa shape index (κ1) is 25.8. The molecule has 0 saturated carbocycles. The molecule has 0 radical (unpaired) electrons. The molecule has 0 unspecified atom stereocenters. The molecule has 4 rings (SSSR count). The smallest absolute Gasteiger partial charge is 0.294 e. The number of amides is 3. The molecule has 1 saturated heterocycles. The van der Waals surface area contributed by atoms with Crippen LogP contribution < -0.4 is 10.2 Å². The van der Waals surface area contributed by atoms with Gasteiger partial charge in [0.2, 0.25) is 5.91 Å². The van der Waals surface area contributed by atoms with Gasteiger partial charge in [-0.2, -0.15) is 0 Å². The number of rotatable bonds is 5. The number of thioether (sulfide) groups is 1. The maximum Gasteiger partial charge on any atom is 0.294 e. The van der Waals surface area contributed by atoms with E-state index in [2.05, 4.69) is 63.0 Å². The Balaban J connectivity index is 1.53. The van der Waals surface area contributed by atoms with E-state index in [1.807, 2.05) is 38.1 Å². The normalized spacial score (nSPS) is 18.1. The summed E-state index contributed by atoms with van der Waals surface area (Å²) >= 11 is 0.866. The minimum Gasteiger partial charge on any atom is -0.360 e. The van der Waals surface area contributed by atoms with Crippen molar-refractivity contribution in [3.05, 3.63) is 69.6 Å². The fourth-order valence-electron chi connectivity index (χ4n) is 5.05. The summed E-state index contributed by atoms with van der Waals surface area (Å²) in [4.78, 5) is 41.8. The van der Waals surface area contributed by atoms with Gasteiger partial charge in [-0.3, -0.25) is 19.3 Å². The van der Waals surface area contributed by atoms with E-state index in [4.69, 9.17) is 0 Å². The average Bonchev–Trinajstić information content (AvgIpc) is 3.03. The largest absolute Gasteiger partial charge is 0.360 e. The van der Waals surface area contributed by atoms with Gasteiger partial charge in [0, 0.05) is 23.0 Å². The number of anilines is 2. The summed E-state index contributed by atoms with van der Waals surface area (Å²) in [6.45, 7) is 14.5. The zero-order valence-electron chi connectivity index (χ0n) is 21.9. The predicted octanol–water partition coefficient (Wildman–Crippen LogP) is 6.39. The summed E-state index contributed by atoms with van der Waals surface area (Å²) in [5.74, 6) is -0.858. The van der Waals surface area contributed by atoms with Crippen LogP contribution in [-0.2, 0) is 9.59 Å². The van der Waals surface area contributed by atoms with Crippen LogP contribution in [0.4, 0.5) is 16.2 Å². The van der Waals surface area contributed by atoms with Crippen LogP contribution in [0.5, 0.6) is 0 Å². The number of benzene rings is 2. The zero-order valence-corrected chi connectivity index (χ0v) is 22.7. The molecule has 36 heavy (non-hydrogen) atoms. The molecule has 0 atom stereocenters. The van der Waals surface area contributed by atoms with Crippen molar-refractivity contribution in [2.45, 2.75) is 60.0 Å². The Morgan fingerprint density at radius 2 is 1.78 bits per heavy atom. The highest BCUT2D eigenvalue weighted by Gasteiger charge is 2.37. The highest BCUT2D eigenvalue weighted by molar-refractivity contribution is 8.18. The molecule has 188 valence electrons. The molecule has 0 aromatic heterocycles. The second-order valence-corrected chi connectivity index (χ2v) is 11.3. The summed E-state index contributed by atoms with van der Waals surface area (Å²) in [7, 11) is 0. The highest BCUT2D eigenvalue weighted by atomic mass is 32.2. The number of imide groups is 1. The molecule has 0 aliphatic carbocycles. The van der Waals surface area contributed by atoms with Crippen LogP contribution in [0.2, 0.25) is 0 Å². The lowest BCUT2D eigenvalue weighted by Gasteiger charge is -2.46. The van der Waals surface area contributed by atoms with Gasteiger partial charge in [-0.1, -0.05) is 18.2 Å². The van der Waals surface area contributed by atoms with Crippen molar-refractivity contribution >= 4 is 51.8 Å². The Kier molecular flexibility index (Phi) is 6.88. The Hall–Kier alpha value is -3.32. The first-order valence-electron chi connectivity index (χ1n) is 12.1. The van der Waals surface area contributed by atoms with Crippen LogP contribution in [0.15, 0.2) is 47.4 Å². The first-order valence-corrected chi connectivity index (χ1v) is 12.9. The second kappa shape index (κ2) is 9.62. The average molecular weight is 504 g/mol. The van der Waals surface area contributed by atoms with Gasteiger partial charge >= 0.3 is 0 Å². The highest BCUT2D eigenvalue weighted by Crippen LogP contribution is 2.41. The van der Waals surface area contributed by atoms with Gasteiger partial charge in [-0.15, -0.1) is 0 Å². The predicted molar refractivity (Wildman–Crippen MR) is 149 cm³/mol. The zero-order chi connectivity index (χ0) is 26.4. The molecule has 2 aliphatic rings. The number of nitrogens with zero attached hydrogens (tertiary/aromatic N) is 2. The van der Waals surface area contributed by atoms with Crippen molar-refractivity contribution in [2.75, 3.05) is 16.8 Å². The number of allylic oxidation sites excluding steroid dienone is 1. The van der Waals surface area contributed by atoms with E-state index < -0.39 is 17.1 Å². The molecule has 6 nitrogen and oxygen atoms in total. The van der Waals surface area contributed by atoms with Crippen LogP contribution >= 0.6 is 11.8 Å². The standard InChI is InChI=1S/C29H33N3O3S/c1-17(2)32-24-11-9-21(13-23(24)20(5)15-29(32,6)7)14-25-27(34)31(28(35)36-25)16-26(33)30-22-10-8-18(3)19(4)12-22/h8-15,17H,16H2,1-7H3,(H,30,33)/b25-14-. The van der Waals surface area contributed by atoms with Gasteiger partial charge in [-0.05, 0) is 113 Å². The van der Waals surface area contributed by atoms with Crippen LogP contribution in [0, 0.1) is 13.8 Å². The topological polar surface area (TPSA) is 69.7 Å². The minimum atomic E-state index is -0.449. The molecule has 0 spiro atoms. The van der Waals surface area contributed by atoms with Crippen molar-refractivity contribution in [2.24, 2.45) is 0 Å². The number of carbonyl (C=O) groups is 3. The quantitative estimate of drug-likeness (QED) is 0.479. The Labute approximate surface area is 217 Å². The van der Waals surface area contributed by atoms with Gasteiger partial charge in [0.15, 0.2) is 0 Å². The molecular formula is C29H33N3O3S. The van der Waals surface area contributed by atoms with E-state index in [9.17, 15) is 14.4 Å². The summed E-state index contributed by atoms with van der Waals surface area (Å²) in [5.41, 5.74) is 7.00. The lowest BCUT2D eigenvalue weighted by molar-refractivity contribution is -0.127. The van der Waals surface area contributed by atoms with Gasteiger partial charge in [0.1, 0.15) is 6.54 Å². The number of aryl methyl sites for hydroxylation is 2. The molecule has 2 aromatic carbocycles. The minimum absolute atomic E-state index is 0.104. The molecule has 1 fully saturated rings. The fraction of sp³-hybridized carbons (Fsp3) is 0.345. The van der Waals surface area contributed by atoms with Crippen molar-refractivity contribution in [1.29, 1.82) is 0 Å². The Bertz CT molecular complexity index is 1320. The van der Waals surface area contributed by atoms with Crippen LogP contribution in [0.25, 0.3) is 11.6 Å². The molecular weight excluding hydrogens is 470 g/mol. The first-order chi connectivity index (χ1) is 16.9. The number of fused-ring (bicyclic) bond motifs is 1. The molecule has 2 heterocycles. The summed E-state index contributed by atoms with van der Waals surface area (Å²) < 4.78 is 0. The van der Waals surface area contributed by atoms with Crippen LogP contribution in [0.1, 0.15) is 56.9 Å². The lowest BCUT2D eigenvalue weighted by atomic mass is 9.87. The molecule has 3 amide bonds. The number of carbonyl (C=O) groups excluding carboxylic acids is 3. The number of hydrogen-bond acceptors (Lipinski definition) is 5. The third-order valence-corrected chi connectivity index (χ3v) is 7.58. The fourth-order valence-corrected chi connectivity index (χ4v) is 5.89. The van der Waals surface area contributed by atoms with E-state index in [0.29, 0.717) is 16.6 Å². The molecule has 2 aliphatic heterocycles. The van der Waals surface area contributed by atoms with Gasteiger partial charge < -0.3 is 10.2 Å². The van der Waals surface area contributed by atoms with Crippen molar-refractivity contribution < 1.29 is 14.4 Å². The van der Waals surface area contributed by atoms with Gasteiger partial charge in [-0.25, -0.2) is 0 Å². The van der Waals surface area contributed by atoms with Crippen LogP contribution in [-0.4, -0.2) is 40.1 Å². The SMILES string of the molecule is CC1=CC(C)(C)N(C(C)C)c2ccc(/C=C3\SC(=O)N(CC(=O)Nc4ccc(C)c(C)c4)C3=O)cc21. The molecule has 7 heteroatoms. The van der Waals surface area contributed by atoms with E-state index in [0.717, 1.165) is 44.6 Å². The lowest BCUT2D eigenvalue weighted by Crippen LogP contribution is -2.49. The third kappa shape index (κ3) is 4.98. The van der Waals surface area contributed by atoms with Gasteiger partial charge in [0.05, 0.1) is 10.4 Å².